The topological polar surface area (TPSA) is 92.5 Å². The van der Waals surface area contributed by atoms with Crippen molar-refractivity contribution >= 4 is 22.6 Å². The smallest absolute Gasteiger partial charge is 0.418 e. The van der Waals surface area contributed by atoms with Crippen molar-refractivity contribution in [1.29, 1.82) is 0 Å². The van der Waals surface area contributed by atoms with E-state index in [-0.39, 0.29) is 43.2 Å². The molecule has 1 spiro atoms. The van der Waals surface area contributed by atoms with Gasteiger partial charge in [0.25, 0.3) is 12.9 Å². The fraction of sp³-hybridized carbons (Fsp3) is 0.536. The van der Waals surface area contributed by atoms with Gasteiger partial charge in [-0.2, -0.15) is 13.2 Å². The van der Waals surface area contributed by atoms with E-state index >= 15 is 0 Å². The molecule has 6 rings (SSSR count). The first-order valence-corrected chi connectivity index (χ1v) is 13.8. The Balaban J connectivity index is 1.17. The molecule has 3 aliphatic rings. The molecule has 2 N–H and O–H groups in total. The molecule has 0 bridgehead atoms. The lowest BCUT2D eigenvalue weighted by Gasteiger charge is -2.42. The number of carbonyl (C=O) groups excluding carboxylic acids is 1. The zero-order valence-electron chi connectivity index (χ0n) is 22.9. The number of alkyl halides is 7. The van der Waals surface area contributed by atoms with Crippen molar-refractivity contribution < 1.29 is 45.4 Å². The normalized spacial score (nSPS) is 23.7. The first kappa shape index (κ1) is 29.6. The maximum atomic E-state index is 14.2. The van der Waals surface area contributed by atoms with Crippen LogP contribution in [0.4, 0.5) is 36.4 Å². The summed E-state index contributed by atoms with van der Waals surface area (Å²) in [5.74, 6) is -1.29. The van der Waals surface area contributed by atoms with E-state index in [0.717, 1.165) is 10.6 Å². The number of halogens is 7. The molecule has 1 saturated carbocycles. The van der Waals surface area contributed by atoms with Crippen LogP contribution in [-0.2, 0) is 16.4 Å². The Morgan fingerprint density at radius 1 is 1.09 bits per heavy atom. The Kier molecular flexibility index (Phi) is 7.11. The lowest BCUT2D eigenvalue weighted by Crippen LogP contribution is -2.47. The molecule has 1 aromatic carbocycles. The van der Waals surface area contributed by atoms with Crippen LogP contribution in [0.25, 0.3) is 11.0 Å². The minimum absolute atomic E-state index is 0.0154. The average Bonchev–Trinajstić information content (AvgIpc) is 3.42. The molecular formula is C28H28F7N5O3. The van der Waals surface area contributed by atoms with E-state index in [1.54, 1.807) is 0 Å². The molecule has 15 heteroatoms. The molecule has 2 aromatic heterocycles. The quantitative estimate of drug-likeness (QED) is 0.328. The molecule has 232 valence electrons. The van der Waals surface area contributed by atoms with Crippen molar-refractivity contribution in [3.05, 3.63) is 47.0 Å². The van der Waals surface area contributed by atoms with Crippen LogP contribution in [-0.4, -0.2) is 62.3 Å². The molecule has 2 fully saturated rings. The van der Waals surface area contributed by atoms with Gasteiger partial charge in [0.05, 0.1) is 39.0 Å². The Morgan fingerprint density at radius 3 is 2.40 bits per heavy atom. The van der Waals surface area contributed by atoms with Gasteiger partial charge in [0.2, 0.25) is 5.91 Å². The fourth-order valence-electron chi connectivity index (χ4n) is 6.51. The molecule has 4 heterocycles. The van der Waals surface area contributed by atoms with Crippen LogP contribution in [0.15, 0.2) is 24.3 Å². The van der Waals surface area contributed by atoms with Crippen LogP contribution in [0.1, 0.15) is 74.3 Å². The summed E-state index contributed by atoms with van der Waals surface area (Å²) < 4.78 is 103. The van der Waals surface area contributed by atoms with Gasteiger partial charge in [-0.15, -0.1) is 0 Å². The number of benzene rings is 1. The van der Waals surface area contributed by atoms with E-state index in [4.69, 9.17) is 4.74 Å². The summed E-state index contributed by atoms with van der Waals surface area (Å²) in [5.41, 5.74) is -3.83. The highest BCUT2D eigenvalue weighted by atomic mass is 19.4. The number of piperidine rings is 1. The standard InChI is InChI=1S/C28H28F7N5O3/c1-26(42)12-14(13-26)40-20-16(28(33,34)35)10-15(11-19(20)37-24(40)23(31)32)43-9-8-39-6-4-27(5-7-39)21-17(38-25(27)41)2-3-18(36-21)22(29)30/h2-3,10-11,14,22-23,42H,4-9,12-13H2,1H3,(H,38,41). The highest BCUT2D eigenvalue weighted by Gasteiger charge is 2.50. The van der Waals surface area contributed by atoms with Gasteiger partial charge in [0.15, 0.2) is 5.82 Å². The van der Waals surface area contributed by atoms with Crippen LogP contribution < -0.4 is 10.1 Å². The van der Waals surface area contributed by atoms with Crippen LogP contribution in [0.2, 0.25) is 0 Å². The number of amides is 1. The Bertz CT molecular complexity index is 1560. The molecule has 8 nitrogen and oxygen atoms in total. The van der Waals surface area contributed by atoms with Gasteiger partial charge in [0.1, 0.15) is 18.1 Å². The number of anilines is 1. The van der Waals surface area contributed by atoms with Gasteiger partial charge < -0.3 is 19.7 Å². The van der Waals surface area contributed by atoms with Crippen LogP contribution in [0.5, 0.6) is 5.75 Å². The number of imidazole rings is 1. The number of ether oxygens (including phenoxy) is 1. The maximum Gasteiger partial charge on any atom is 0.418 e. The molecule has 1 aliphatic carbocycles. The van der Waals surface area contributed by atoms with Gasteiger partial charge in [0, 0.05) is 18.7 Å². The second-order valence-corrected chi connectivity index (χ2v) is 11.7. The maximum absolute atomic E-state index is 14.2. The van der Waals surface area contributed by atoms with Gasteiger partial charge in [-0.1, -0.05) is 0 Å². The summed E-state index contributed by atoms with van der Waals surface area (Å²) in [4.78, 5) is 22.7. The molecule has 0 atom stereocenters. The lowest BCUT2D eigenvalue weighted by atomic mass is 9.76. The van der Waals surface area contributed by atoms with Crippen molar-refractivity contribution in [3.63, 3.8) is 0 Å². The number of nitrogens with zero attached hydrogens (tertiary/aromatic N) is 4. The molecule has 2 aliphatic heterocycles. The number of hydrogen-bond acceptors (Lipinski definition) is 6. The molecule has 43 heavy (non-hydrogen) atoms. The summed E-state index contributed by atoms with van der Waals surface area (Å²) >= 11 is 0. The third kappa shape index (κ3) is 5.19. The number of carbonyl (C=O) groups is 1. The van der Waals surface area contributed by atoms with Crippen molar-refractivity contribution in [1.82, 2.24) is 19.4 Å². The van der Waals surface area contributed by atoms with E-state index in [1.165, 1.54) is 25.1 Å². The summed E-state index contributed by atoms with van der Waals surface area (Å²) in [6.45, 7) is 2.50. The van der Waals surface area contributed by atoms with E-state index in [1.807, 2.05) is 4.90 Å². The highest BCUT2D eigenvalue weighted by molar-refractivity contribution is 6.05. The molecule has 1 saturated heterocycles. The Hall–Kier alpha value is -3.46. The second-order valence-electron chi connectivity index (χ2n) is 11.7. The third-order valence-electron chi connectivity index (χ3n) is 8.66. The van der Waals surface area contributed by atoms with Crippen LogP contribution in [0.3, 0.4) is 0 Å². The summed E-state index contributed by atoms with van der Waals surface area (Å²) in [7, 11) is 0. The Morgan fingerprint density at radius 2 is 1.79 bits per heavy atom. The van der Waals surface area contributed by atoms with E-state index in [2.05, 4.69) is 15.3 Å². The first-order valence-electron chi connectivity index (χ1n) is 13.8. The molecular weight excluding hydrogens is 587 g/mol. The fourth-order valence-corrected chi connectivity index (χ4v) is 6.51. The third-order valence-corrected chi connectivity index (χ3v) is 8.66. The minimum atomic E-state index is -4.89. The monoisotopic (exact) mass is 615 g/mol. The molecule has 1 amide bonds. The highest BCUT2D eigenvalue weighted by Crippen LogP contribution is 2.48. The van der Waals surface area contributed by atoms with Crippen LogP contribution in [0, 0.1) is 0 Å². The van der Waals surface area contributed by atoms with E-state index in [9.17, 15) is 40.6 Å². The van der Waals surface area contributed by atoms with Gasteiger partial charge in [-0.05, 0) is 63.9 Å². The van der Waals surface area contributed by atoms with Crippen molar-refractivity contribution in [3.8, 4) is 5.75 Å². The Labute approximate surface area is 240 Å². The summed E-state index contributed by atoms with van der Waals surface area (Å²) in [5, 5.41) is 12.8. The first-order chi connectivity index (χ1) is 20.2. The van der Waals surface area contributed by atoms with Gasteiger partial charge >= 0.3 is 6.18 Å². The van der Waals surface area contributed by atoms with E-state index in [0.29, 0.717) is 37.3 Å². The molecule has 3 aromatic rings. The van der Waals surface area contributed by atoms with Crippen molar-refractivity contribution in [2.75, 3.05) is 31.6 Å². The number of rotatable bonds is 7. The number of likely N-dealkylation sites (tertiary alicyclic amines) is 1. The average molecular weight is 616 g/mol. The molecule has 0 radical (unpaired) electrons. The number of hydrogen-bond donors (Lipinski definition) is 2. The van der Waals surface area contributed by atoms with Gasteiger partial charge in [-0.25, -0.2) is 27.5 Å². The minimum Gasteiger partial charge on any atom is -0.492 e. The predicted octanol–water partition coefficient (Wildman–Crippen LogP) is 5.78. The number of fused-ring (bicyclic) bond motifs is 3. The summed E-state index contributed by atoms with van der Waals surface area (Å²) in [6, 6.07) is 3.80. The number of pyridine rings is 1. The lowest BCUT2D eigenvalue weighted by molar-refractivity contribution is -0.136. The SMILES string of the molecule is CC1(O)CC(n2c(C(F)F)nc3cc(OCCN4CCC5(CC4)C(=O)Nc4ccc(C(F)F)nc45)cc(C(F)(F)F)c32)C1. The number of nitrogens with one attached hydrogen (secondary N) is 1. The van der Waals surface area contributed by atoms with Crippen molar-refractivity contribution in [2.24, 2.45) is 0 Å². The largest absolute Gasteiger partial charge is 0.492 e. The zero-order chi connectivity index (χ0) is 30.9. The van der Waals surface area contributed by atoms with Crippen LogP contribution >= 0.6 is 0 Å². The summed E-state index contributed by atoms with van der Waals surface area (Å²) in [6.07, 6.45) is -10.2. The second kappa shape index (κ2) is 10.3. The number of aromatic nitrogens is 3. The molecule has 0 unspecified atom stereocenters. The predicted molar refractivity (Wildman–Crippen MR) is 139 cm³/mol. The van der Waals surface area contributed by atoms with Gasteiger partial charge in [-0.3, -0.25) is 9.69 Å². The van der Waals surface area contributed by atoms with E-state index < -0.39 is 58.7 Å². The number of aliphatic hydroxyl groups is 1. The van der Waals surface area contributed by atoms with Crippen molar-refractivity contribution in [2.45, 2.75) is 68.7 Å². The zero-order valence-corrected chi connectivity index (χ0v) is 22.9.